The number of aromatic amines is 1. The van der Waals surface area contributed by atoms with Crippen LogP contribution in [0.15, 0.2) is 46.1 Å². The van der Waals surface area contributed by atoms with Crippen molar-refractivity contribution in [3.05, 3.63) is 68.7 Å². The highest BCUT2D eigenvalue weighted by atomic mass is 19.1. The van der Waals surface area contributed by atoms with Gasteiger partial charge in [-0.2, -0.15) is 4.39 Å². The molecule has 0 saturated heterocycles. The Labute approximate surface area is 119 Å². The first kappa shape index (κ1) is 15.1. The van der Waals surface area contributed by atoms with E-state index in [1.54, 1.807) is 30.3 Å². The smallest absolute Gasteiger partial charge is 0.330 e. The van der Waals surface area contributed by atoms with Gasteiger partial charge in [-0.05, 0) is 6.92 Å². The zero-order valence-electron chi connectivity index (χ0n) is 11.3. The van der Waals surface area contributed by atoms with Gasteiger partial charge in [0.1, 0.15) is 0 Å². The molecule has 0 saturated carbocycles. The zero-order chi connectivity index (χ0) is 15.4. The van der Waals surface area contributed by atoms with Crippen molar-refractivity contribution in [3.8, 4) is 0 Å². The SMILES string of the molecule is CC(O)COC(c1ccccc1)n1cc(F)c(=O)[nH]c1=O. The number of ether oxygens (including phenoxy) is 1. The molecule has 2 atom stereocenters. The number of hydrogen-bond donors (Lipinski definition) is 2. The molecule has 2 aromatic rings. The van der Waals surface area contributed by atoms with Gasteiger partial charge in [-0.3, -0.25) is 14.3 Å². The van der Waals surface area contributed by atoms with Gasteiger partial charge in [-0.15, -0.1) is 0 Å². The summed E-state index contributed by atoms with van der Waals surface area (Å²) in [7, 11) is 0. The maximum absolute atomic E-state index is 13.4. The summed E-state index contributed by atoms with van der Waals surface area (Å²) >= 11 is 0. The number of rotatable bonds is 5. The van der Waals surface area contributed by atoms with Gasteiger partial charge in [0.15, 0.2) is 6.23 Å². The summed E-state index contributed by atoms with van der Waals surface area (Å²) in [6, 6.07) is 8.65. The molecule has 112 valence electrons. The van der Waals surface area contributed by atoms with E-state index in [2.05, 4.69) is 0 Å². The molecule has 0 spiro atoms. The van der Waals surface area contributed by atoms with Gasteiger partial charge >= 0.3 is 5.69 Å². The lowest BCUT2D eigenvalue weighted by atomic mass is 10.2. The number of nitrogens with zero attached hydrogens (tertiary/aromatic N) is 1. The van der Waals surface area contributed by atoms with Crippen molar-refractivity contribution in [2.24, 2.45) is 0 Å². The van der Waals surface area contributed by atoms with Crippen LogP contribution >= 0.6 is 0 Å². The maximum Gasteiger partial charge on any atom is 0.330 e. The van der Waals surface area contributed by atoms with Crippen LogP contribution in [-0.4, -0.2) is 27.4 Å². The van der Waals surface area contributed by atoms with E-state index in [0.29, 0.717) is 5.56 Å². The van der Waals surface area contributed by atoms with Crippen LogP contribution < -0.4 is 11.2 Å². The van der Waals surface area contributed by atoms with Crippen LogP contribution in [0.2, 0.25) is 0 Å². The maximum atomic E-state index is 13.4. The number of hydrogen-bond acceptors (Lipinski definition) is 4. The Kier molecular flexibility index (Phi) is 4.66. The number of aliphatic hydroxyl groups is 1. The van der Waals surface area contributed by atoms with Crippen LogP contribution in [-0.2, 0) is 4.74 Å². The highest BCUT2D eigenvalue weighted by Gasteiger charge is 2.18. The van der Waals surface area contributed by atoms with E-state index in [9.17, 15) is 19.1 Å². The van der Waals surface area contributed by atoms with Crippen LogP contribution in [0.3, 0.4) is 0 Å². The molecule has 7 heteroatoms. The zero-order valence-corrected chi connectivity index (χ0v) is 11.3. The molecule has 0 radical (unpaired) electrons. The van der Waals surface area contributed by atoms with Gasteiger partial charge < -0.3 is 9.84 Å². The lowest BCUT2D eigenvalue weighted by molar-refractivity contribution is -0.0201. The summed E-state index contributed by atoms with van der Waals surface area (Å²) in [5.41, 5.74) is -1.29. The van der Waals surface area contributed by atoms with E-state index >= 15 is 0 Å². The third-order valence-corrected chi connectivity index (χ3v) is 2.76. The Morgan fingerprint density at radius 2 is 2.00 bits per heavy atom. The molecule has 6 nitrogen and oxygen atoms in total. The second-order valence-corrected chi connectivity index (χ2v) is 4.59. The lowest BCUT2D eigenvalue weighted by Gasteiger charge is -2.21. The predicted molar refractivity (Wildman–Crippen MR) is 73.5 cm³/mol. The Morgan fingerprint density at radius 3 is 2.62 bits per heavy atom. The topological polar surface area (TPSA) is 84.3 Å². The number of halogens is 1. The predicted octanol–water partition coefficient (Wildman–Crippen LogP) is 0.620. The number of H-pyrrole nitrogens is 1. The van der Waals surface area contributed by atoms with E-state index in [-0.39, 0.29) is 6.61 Å². The lowest BCUT2D eigenvalue weighted by Crippen LogP contribution is -2.35. The minimum absolute atomic E-state index is 0.0489. The summed E-state index contributed by atoms with van der Waals surface area (Å²) in [5.74, 6) is -1.09. The monoisotopic (exact) mass is 294 g/mol. The molecule has 2 N–H and O–H groups in total. The van der Waals surface area contributed by atoms with Crippen LogP contribution in [0.4, 0.5) is 4.39 Å². The standard InChI is InChI=1S/C14H15FN2O4/c1-9(18)8-21-13(10-5-3-2-4-6-10)17-7-11(15)12(19)16-14(17)20/h2-7,9,13,18H,8H2,1H3,(H,16,19,20). The number of benzene rings is 1. The minimum Gasteiger partial charge on any atom is -0.391 e. The average molecular weight is 294 g/mol. The number of aromatic nitrogens is 2. The Morgan fingerprint density at radius 1 is 1.33 bits per heavy atom. The van der Waals surface area contributed by atoms with E-state index in [1.807, 2.05) is 4.98 Å². The molecule has 1 aromatic heterocycles. The Balaban J connectivity index is 2.47. The Bertz CT molecular complexity index is 709. The van der Waals surface area contributed by atoms with Crippen LogP contribution in [0.5, 0.6) is 0 Å². The van der Waals surface area contributed by atoms with Crippen LogP contribution in [0, 0.1) is 5.82 Å². The van der Waals surface area contributed by atoms with Gasteiger partial charge in [0.25, 0.3) is 5.56 Å². The van der Waals surface area contributed by atoms with E-state index in [4.69, 9.17) is 4.74 Å². The second kappa shape index (κ2) is 6.47. The first-order chi connectivity index (χ1) is 9.99. The van der Waals surface area contributed by atoms with Crippen molar-refractivity contribution < 1.29 is 14.2 Å². The summed E-state index contributed by atoms with van der Waals surface area (Å²) in [6.45, 7) is 1.48. The van der Waals surface area contributed by atoms with Gasteiger partial charge in [0.05, 0.1) is 18.9 Å². The van der Waals surface area contributed by atoms with Crippen molar-refractivity contribution in [3.63, 3.8) is 0 Å². The summed E-state index contributed by atoms with van der Waals surface area (Å²) in [6.07, 6.45) is -0.903. The van der Waals surface area contributed by atoms with Gasteiger partial charge in [-0.25, -0.2) is 4.79 Å². The third kappa shape index (κ3) is 3.65. The van der Waals surface area contributed by atoms with Gasteiger partial charge in [-0.1, -0.05) is 30.3 Å². The summed E-state index contributed by atoms with van der Waals surface area (Å²) in [4.78, 5) is 24.8. The molecule has 1 heterocycles. The van der Waals surface area contributed by atoms with Crippen molar-refractivity contribution in [2.75, 3.05) is 6.61 Å². The fraction of sp³-hybridized carbons (Fsp3) is 0.286. The van der Waals surface area contributed by atoms with Crippen molar-refractivity contribution in [2.45, 2.75) is 19.3 Å². The molecular weight excluding hydrogens is 279 g/mol. The van der Waals surface area contributed by atoms with E-state index < -0.39 is 29.4 Å². The average Bonchev–Trinajstić information content (AvgIpc) is 2.45. The van der Waals surface area contributed by atoms with Gasteiger partial charge in [0.2, 0.25) is 5.82 Å². The highest BCUT2D eigenvalue weighted by molar-refractivity contribution is 5.18. The molecule has 21 heavy (non-hydrogen) atoms. The molecular formula is C14H15FN2O4. The van der Waals surface area contributed by atoms with E-state index in [1.165, 1.54) is 6.92 Å². The van der Waals surface area contributed by atoms with Crippen LogP contribution in [0.1, 0.15) is 18.7 Å². The van der Waals surface area contributed by atoms with Crippen molar-refractivity contribution >= 4 is 0 Å². The molecule has 1 aromatic carbocycles. The number of nitrogens with one attached hydrogen (secondary N) is 1. The van der Waals surface area contributed by atoms with Gasteiger partial charge in [0, 0.05) is 5.56 Å². The minimum atomic E-state index is -1.09. The summed E-state index contributed by atoms with van der Waals surface area (Å²) in [5, 5.41) is 9.32. The molecule has 0 fully saturated rings. The first-order valence-electron chi connectivity index (χ1n) is 6.34. The summed E-state index contributed by atoms with van der Waals surface area (Å²) < 4.78 is 19.8. The second-order valence-electron chi connectivity index (χ2n) is 4.59. The van der Waals surface area contributed by atoms with Crippen molar-refractivity contribution in [1.82, 2.24) is 9.55 Å². The molecule has 0 aliphatic rings. The van der Waals surface area contributed by atoms with Crippen molar-refractivity contribution in [1.29, 1.82) is 0 Å². The molecule has 0 amide bonds. The quantitative estimate of drug-likeness (QED) is 0.846. The Hall–Kier alpha value is -2.25. The molecule has 2 rings (SSSR count). The third-order valence-electron chi connectivity index (χ3n) is 2.76. The normalized spacial score (nSPS) is 13.9. The fourth-order valence-electron chi connectivity index (χ4n) is 1.82. The highest BCUT2D eigenvalue weighted by Crippen LogP contribution is 2.18. The molecule has 0 bridgehead atoms. The largest absolute Gasteiger partial charge is 0.391 e. The van der Waals surface area contributed by atoms with Crippen LogP contribution in [0.25, 0.3) is 0 Å². The van der Waals surface area contributed by atoms with E-state index in [0.717, 1.165) is 10.8 Å². The first-order valence-corrected chi connectivity index (χ1v) is 6.34. The molecule has 2 unspecified atom stereocenters. The molecule has 0 aliphatic carbocycles. The number of aliphatic hydroxyl groups excluding tert-OH is 1. The molecule has 0 aliphatic heterocycles. The fourth-order valence-corrected chi connectivity index (χ4v) is 1.82.